The van der Waals surface area contributed by atoms with Gasteiger partial charge in [-0.15, -0.1) is 0 Å². The number of nitrogens with zero attached hydrogens (tertiary/aromatic N) is 2. The summed E-state index contributed by atoms with van der Waals surface area (Å²) in [5.41, 5.74) is 3.03. The predicted octanol–water partition coefficient (Wildman–Crippen LogP) is 2.32. The molecule has 0 fully saturated rings. The van der Waals surface area contributed by atoms with Gasteiger partial charge in [0.15, 0.2) is 0 Å². The number of rotatable bonds is 2. The van der Waals surface area contributed by atoms with Gasteiger partial charge in [0, 0.05) is 24.2 Å². The molecule has 3 nitrogen and oxygen atoms in total. The summed E-state index contributed by atoms with van der Waals surface area (Å²) in [7, 11) is 0. The molecule has 16 heavy (non-hydrogen) atoms. The smallest absolute Gasteiger partial charge is 0.213 e. The lowest BCUT2D eigenvalue weighted by molar-refractivity contribution is 0.103. The molecule has 3 heteroatoms. The maximum atomic E-state index is 12.1. The number of aromatic nitrogens is 2. The van der Waals surface area contributed by atoms with E-state index in [9.17, 15) is 4.79 Å². The summed E-state index contributed by atoms with van der Waals surface area (Å²) in [6.45, 7) is 3.83. The van der Waals surface area contributed by atoms with Crippen molar-refractivity contribution >= 4 is 5.78 Å². The molecule has 0 radical (unpaired) electrons. The fraction of sp³-hybridized carbons (Fsp3) is 0.154. The summed E-state index contributed by atoms with van der Waals surface area (Å²) < 4.78 is 0. The quantitative estimate of drug-likeness (QED) is 0.717. The van der Waals surface area contributed by atoms with Crippen molar-refractivity contribution in [2.75, 3.05) is 0 Å². The topological polar surface area (TPSA) is 42.9 Å². The molecule has 0 unspecified atom stereocenters. The minimum atomic E-state index is -0.0747. The van der Waals surface area contributed by atoms with Gasteiger partial charge in [-0.05, 0) is 43.2 Å². The lowest BCUT2D eigenvalue weighted by Crippen LogP contribution is -2.06. The van der Waals surface area contributed by atoms with Crippen LogP contribution in [0.3, 0.4) is 0 Å². The predicted molar refractivity (Wildman–Crippen MR) is 61.4 cm³/mol. The molecule has 2 aromatic rings. The third-order valence-electron chi connectivity index (χ3n) is 2.43. The molecule has 0 N–H and O–H groups in total. The second-order valence-corrected chi connectivity index (χ2v) is 3.74. The fourth-order valence-electron chi connectivity index (χ4n) is 1.50. The lowest BCUT2D eigenvalue weighted by Gasteiger charge is -2.03. The average molecular weight is 212 g/mol. The largest absolute Gasteiger partial charge is 0.287 e. The lowest BCUT2D eigenvalue weighted by atomic mass is 10.0. The van der Waals surface area contributed by atoms with Crippen molar-refractivity contribution < 1.29 is 4.79 Å². The Labute approximate surface area is 94.2 Å². The van der Waals surface area contributed by atoms with E-state index in [1.165, 1.54) is 0 Å². The number of pyridine rings is 2. The van der Waals surface area contributed by atoms with Crippen LogP contribution in [0.1, 0.15) is 27.2 Å². The zero-order valence-corrected chi connectivity index (χ0v) is 9.27. The zero-order chi connectivity index (χ0) is 11.5. The molecule has 0 saturated heterocycles. The number of ketones is 1. The summed E-state index contributed by atoms with van der Waals surface area (Å²) in [5.74, 6) is -0.0747. The van der Waals surface area contributed by atoms with Crippen molar-refractivity contribution in [2.24, 2.45) is 0 Å². The van der Waals surface area contributed by atoms with Crippen molar-refractivity contribution in [3.8, 4) is 0 Å². The van der Waals surface area contributed by atoms with E-state index >= 15 is 0 Å². The van der Waals surface area contributed by atoms with E-state index in [0.717, 1.165) is 11.1 Å². The molecule has 2 heterocycles. The van der Waals surface area contributed by atoms with Crippen molar-refractivity contribution in [1.29, 1.82) is 0 Å². The third-order valence-corrected chi connectivity index (χ3v) is 2.43. The van der Waals surface area contributed by atoms with E-state index in [2.05, 4.69) is 9.97 Å². The van der Waals surface area contributed by atoms with Crippen molar-refractivity contribution in [3.05, 3.63) is 59.2 Å². The Hall–Kier alpha value is -2.03. The van der Waals surface area contributed by atoms with Crippen LogP contribution in [0.4, 0.5) is 0 Å². The summed E-state index contributed by atoms with van der Waals surface area (Å²) in [4.78, 5) is 20.2. The van der Waals surface area contributed by atoms with E-state index < -0.39 is 0 Å². The van der Waals surface area contributed by atoms with Gasteiger partial charge in [0.25, 0.3) is 0 Å². The van der Waals surface area contributed by atoms with Crippen LogP contribution in [0.15, 0.2) is 36.8 Å². The first-order valence-electron chi connectivity index (χ1n) is 5.06. The summed E-state index contributed by atoms with van der Waals surface area (Å²) in [6, 6.07) is 5.48. The molecule has 0 aromatic carbocycles. The Bertz CT molecular complexity index is 535. The van der Waals surface area contributed by atoms with Gasteiger partial charge in [-0.1, -0.05) is 0 Å². The van der Waals surface area contributed by atoms with E-state index in [1.807, 2.05) is 26.0 Å². The zero-order valence-electron chi connectivity index (χ0n) is 9.27. The Morgan fingerprint density at radius 1 is 1.19 bits per heavy atom. The van der Waals surface area contributed by atoms with Crippen LogP contribution in [0.2, 0.25) is 0 Å². The molecule has 2 aromatic heterocycles. The summed E-state index contributed by atoms with van der Waals surface area (Å²) in [6.07, 6.45) is 4.91. The van der Waals surface area contributed by atoms with Crippen LogP contribution < -0.4 is 0 Å². The highest BCUT2D eigenvalue weighted by Gasteiger charge is 2.12. The minimum absolute atomic E-state index is 0.0747. The first-order chi connectivity index (χ1) is 7.68. The normalized spacial score (nSPS) is 10.1. The average Bonchev–Trinajstić information content (AvgIpc) is 2.29. The van der Waals surface area contributed by atoms with Crippen molar-refractivity contribution in [3.63, 3.8) is 0 Å². The summed E-state index contributed by atoms with van der Waals surface area (Å²) >= 11 is 0. The molecule has 0 bridgehead atoms. The van der Waals surface area contributed by atoms with Crippen molar-refractivity contribution in [2.45, 2.75) is 13.8 Å². The Balaban J connectivity index is 2.44. The number of carbonyl (C=O) groups is 1. The molecule has 0 aliphatic rings. The number of aryl methyl sites for hydroxylation is 2. The molecular weight excluding hydrogens is 200 g/mol. The molecule has 0 amide bonds. The van der Waals surface area contributed by atoms with Crippen LogP contribution in [-0.4, -0.2) is 15.8 Å². The maximum absolute atomic E-state index is 12.1. The Kier molecular flexibility index (Phi) is 2.77. The molecular formula is C13H12N2O. The highest BCUT2D eigenvalue weighted by molar-refractivity contribution is 6.08. The number of hydrogen-bond donors (Lipinski definition) is 0. The van der Waals surface area contributed by atoms with E-state index in [4.69, 9.17) is 0 Å². The van der Waals surface area contributed by atoms with Gasteiger partial charge in [0.2, 0.25) is 5.78 Å². The number of hydrogen-bond acceptors (Lipinski definition) is 3. The molecule has 0 saturated carbocycles. The maximum Gasteiger partial charge on any atom is 0.213 e. The highest BCUT2D eigenvalue weighted by Crippen LogP contribution is 2.11. The fourth-order valence-corrected chi connectivity index (χ4v) is 1.50. The molecule has 0 atom stereocenters. The van der Waals surface area contributed by atoms with Crippen LogP contribution >= 0.6 is 0 Å². The van der Waals surface area contributed by atoms with Crippen molar-refractivity contribution in [1.82, 2.24) is 9.97 Å². The van der Waals surface area contributed by atoms with Crippen LogP contribution in [0.5, 0.6) is 0 Å². The molecule has 2 rings (SSSR count). The van der Waals surface area contributed by atoms with Gasteiger partial charge in [0.1, 0.15) is 5.69 Å². The van der Waals surface area contributed by atoms with Crippen LogP contribution in [-0.2, 0) is 0 Å². The van der Waals surface area contributed by atoms with Gasteiger partial charge in [-0.3, -0.25) is 14.8 Å². The van der Waals surface area contributed by atoms with Crippen LogP contribution in [0.25, 0.3) is 0 Å². The van der Waals surface area contributed by atoms with E-state index in [-0.39, 0.29) is 5.78 Å². The second kappa shape index (κ2) is 4.23. The molecule has 0 aliphatic heterocycles. The first-order valence-corrected chi connectivity index (χ1v) is 5.06. The van der Waals surface area contributed by atoms with E-state index in [1.54, 1.807) is 24.7 Å². The monoisotopic (exact) mass is 212 g/mol. The summed E-state index contributed by atoms with van der Waals surface area (Å²) in [5, 5.41) is 0. The molecule has 0 aliphatic carbocycles. The first kappa shape index (κ1) is 10.5. The standard InChI is InChI=1S/C13H12N2O/c1-9-3-6-15-12(7-9)13(16)11-8-14-5-4-10(11)2/h3-8H,1-2H3. The Morgan fingerprint density at radius 2 is 2.00 bits per heavy atom. The molecule has 0 spiro atoms. The minimum Gasteiger partial charge on any atom is -0.287 e. The van der Waals surface area contributed by atoms with Crippen LogP contribution in [0, 0.1) is 13.8 Å². The van der Waals surface area contributed by atoms with E-state index in [0.29, 0.717) is 11.3 Å². The second-order valence-electron chi connectivity index (χ2n) is 3.74. The van der Waals surface area contributed by atoms with Gasteiger partial charge < -0.3 is 0 Å². The highest BCUT2D eigenvalue weighted by atomic mass is 16.1. The SMILES string of the molecule is Cc1ccnc(C(=O)c2cnccc2C)c1. The van der Waals surface area contributed by atoms with Gasteiger partial charge >= 0.3 is 0 Å². The van der Waals surface area contributed by atoms with Gasteiger partial charge in [0.05, 0.1) is 0 Å². The number of carbonyl (C=O) groups excluding carboxylic acids is 1. The third kappa shape index (κ3) is 1.98. The van der Waals surface area contributed by atoms with Gasteiger partial charge in [-0.25, -0.2) is 0 Å². The van der Waals surface area contributed by atoms with Gasteiger partial charge in [-0.2, -0.15) is 0 Å². The molecule has 80 valence electrons. The Morgan fingerprint density at radius 3 is 2.69 bits per heavy atom.